The maximum absolute atomic E-state index is 6.15. The lowest BCUT2D eigenvalue weighted by molar-refractivity contribution is 0.0482. The number of halogens is 2. The topological polar surface area (TPSA) is 15.3 Å². The quantitative estimate of drug-likeness (QED) is 0.872. The molecule has 2 bridgehead atoms. The van der Waals surface area contributed by atoms with E-state index in [4.69, 9.17) is 11.6 Å². The Kier molecular flexibility index (Phi) is 4.71. The van der Waals surface area contributed by atoms with Crippen molar-refractivity contribution in [2.24, 2.45) is 0 Å². The van der Waals surface area contributed by atoms with Crippen LogP contribution in [-0.2, 0) is 6.54 Å². The van der Waals surface area contributed by atoms with Crippen molar-refractivity contribution >= 4 is 27.5 Å². The fourth-order valence-corrected chi connectivity index (χ4v) is 4.14. The second-order valence-corrected chi connectivity index (χ2v) is 7.46. The molecule has 2 saturated heterocycles. The molecule has 4 heteroatoms. The maximum Gasteiger partial charge on any atom is 0.0551 e. The van der Waals surface area contributed by atoms with Gasteiger partial charge in [0.05, 0.1) is 5.02 Å². The van der Waals surface area contributed by atoms with Crippen molar-refractivity contribution in [3.63, 3.8) is 0 Å². The van der Waals surface area contributed by atoms with E-state index >= 15 is 0 Å². The van der Waals surface area contributed by atoms with Gasteiger partial charge in [-0.2, -0.15) is 0 Å². The monoisotopic (exact) mass is 356 g/mol. The molecule has 1 aromatic carbocycles. The summed E-state index contributed by atoms with van der Waals surface area (Å²) in [5, 5.41) is 4.53. The van der Waals surface area contributed by atoms with Gasteiger partial charge in [-0.1, -0.05) is 24.1 Å². The highest BCUT2D eigenvalue weighted by Gasteiger charge is 2.35. The van der Waals surface area contributed by atoms with Gasteiger partial charge in [-0.25, -0.2) is 0 Å². The van der Waals surface area contributed by atoms with Crippen LogP contribution in [0, 0.1) is 0 Å². The maximum atomic E-state index is 6.15. The second kappa shape index (κ2) is 6.35. The smallest absolute Gasteiger partial charge is 0.0551 e. The summed E-state index contributed by atoms with van der Waals surface area (Å²) in [5.41, 5.74) is 1.27. The predicted octanol–water partition coefficient (Wildman–Crippen LogP) is 4.21. The van der Waals surface area contributed by atoms with Crippen LogP contribution in [0.3, 0.4) is 0 Å². The molecule has 20 heavy (non-hydrogen) atoms. The normalized spacial score (nSPS) is 30.4. The zero-order chi connectivity index (χ0) is 14.1. The van der Waals surface area contributed by atoms with Crippen LogP contribution >= 0.6 is 27.5 Å². The SMILES string of the molecule is CN1C2CCCC1CC(NCc1ccc(Br)c(Cl)c1)C2. The lowest BCUT2D eigenvalue weighted by Crippen LogP contribution is -2.54. The first-order valence-electron chi connectivity index (χ1n) is 7.52. The molecule has 0 aliphatic carbocycles. The lowest BCUT2D eigenvalue weighted by atomic mass is 9.82. The number of hydrogen-bond donors (Lipinski definition) is 1. The Balaban J connectivity index is 1.57. The van der Waals surface area contributed by atoms with Crippen molar-refractivity contribution in [1.29, 1.82) is 0 Å². The molecule has 2 fully saturated rings. The van der Waals surface area contributed by atoms with Crippen LogP contribution in [0.25, 0.3) is 0 Å². The second-order valence-electron chi connectivity index (χ2n) is 6.20. The molecule has 2 nitrogen and oxygen atoms in total. The van der Waals surface area contributed by atoms with Crippen LogP contribution in [0.4, 0.5) is 0 Å². The molecule has 0 amide bonds. The van der Waals surface area contributed by atoms with Crippen LogP contribution in [0.2, 0.25) is 5.02 Å². The van der Waals surface area contributed by atoms with Crippen molar-refractivity contribution < 1.29 is 0 Å². The van der Waals surface area contributed by atoms with E-state index in [1.54, 1.807) is 0 Å². The number of nitrogens with zero attached hydrogens (tertiary/aromatic N) is 1. The average Bonchev–Trinajstić information content (AvgIpc) is 2.41. The van der Waals surface area contributed by atoms with Crippen LogP contribution in [0.5, 0.6) is 0 Å². The van der Waals surface area contributed by atoms with Crippen LogP contribution in [0.15, 0.2) is 22.7 Å². The van der Waals surface area contributed by atoms with E-state index in [1.165, 1.54) is 37.7 Å². The highest BCUT2D eigenvalue weighted by Crippen LogP contribution is 2.32. The van der Waals surface area contributed by atoms with Gasteiger partial charge in [0, 0.05) is 29.1 Å². The molecule has 3 rings (SSSR count). The van der Waals surface area contributed by atoms with Gasteiger partial charge in [0.15, 0.2) is 0 Å². The molecule has 0 spiro atoms. The number of rotatable bonds is 3. The molecular formula is C16H22BrClN2. The van der Waals surface area contributed by atoms with Crippen LogP contribution in [-0.4, -0.2) is 30.1 Å². The molecule has 2 atom stereocenters. The minimum atomic E-state index is 0.656. The number of piperidine rings is 2. The van der Waals surface area contributed by atoms with Gasteiger partial charge in [0.1, 0.15) is 0 Å². The molecule has 1 N–H and O–H groups in total. The van der Waals surface area contributed by atoms with E-state index in [0.717, 1.165) is 28.1 Å². The first kappa shape index (κ1) is 14.8. The molecule has 0 radical (unpaired) electrons. The van der Waals surface area contributed by atoms with Crippen molar-refractivity contribution in [3.05, 3.63) is 33.3 Å². The number of nitrogens with one attached hydrogen (secondary N) is 1. The lowest BCUT2D eigenvalue weighted by Gasteiger charge is -2.47. The van der Waals surface area contributed by atoms with Crippen molar-refractivity contribution in [3.8, 4) is 0 Å². The van der Waals surface area contributed by atoms with E-state index in [0.29, 0.717) is 6.04 Å². The highest BCUT2D eigenvalue weighted by atomic mass is 79.9. The van der Waals surface area contributed by atoms with E-state index in [-0.39, 0.29) is 0 Å². The summed E-state index contributed by atoms with van der Waals surface area (Å²) in [6.07, 6.45) is 6.73. The standard InChI is InChI=1S/C16H22BrClN2/c1-20-13-3-2-4-14(20)9-12(8-13)19-10-11-5-6-15(17)16(18)7-11/h5-7,12-14,19H,2-4,8-10H2,1H3. The first-order valence-corrected chi connectivity index (χ1v) is 8.70. The summed E-state index contributed by atoms with van der Waals surface area (Å²) in [7, 11) is 2.30. The highest BCUT2D eigenvalue weighted by molar-refractivity contribution is 9.10. The Morgan fingerprint density at radius 2 is 2.00 bits per heavy atom. The van der Waals surface area contributed by atoms with E-state index in [9.17, 15) is 0 Å². The Bertz CT molecular complexity index is 466. The predicted molar refractivity (Wildman–Crippen MR) is 88.2 cm³/mol. The summed E-state index contributed by atoms with van der Waals surface area (Å²) >= 11 is 9.59. The largest absolute Gasteiger partial charge is 0.310 e. The summed E-state index contributed by atoms with van der Waals surface area (Å²) in [5.74, 6) is 0. The number of benzene rings is 1. The van der Waals surface area contributed by atoms with Crippen LogP contribution in [0.1, 0.15) is 37.7 Å². The molecule has 2 aliphatic heterocycles. The van der Waals surface area contributed by atoms with Gasteiger partial charge in [0.25, 0.3) is 0 Å². The van der Waals surface area contributed by atoms with Gasteiger partial charge in [0.2, 0.25) is 0 Å². The molecule has 110 valence electrons. The van der Waals surface area contributed by atoms with Gasteiger partial charge in [-0.05, 0) is 66.4 Å². The molecule has 0 aromatic heterocycles. The minimum Gasteiger partial charge on any atom is -0.310 e. The Hall–Kier alpha value is -0.0900. The van der Waals surface area contributed by atoms with Gasteiger partial charge in [-0.15, -0.1) is 0 Å². The van der Waals surface area contributed by atoms with Crippen molar-refractivity contribution in [2.45, 2.75) is 56.8 Å². The van der Waals surface area contributed by atoms with Crippen molar-refractivity contribution in [1.82, 2.24) is 10.2 Å². The Morgan fingerprint density at radius 3 is 2.65 bits per heavy atom. The molecule has 2 heterocycles. The molecule has 2 aliphatic rings. The third-order valence-electron chi connectivity index (χ3n) is 4.92. The first-order chi connectivity index (χ1) is 9.63. The zero-order valence-corrected chi connectivity index (χ0v) is 14.3. The van der Waals surface area contributed by atoms with Crippen molar-refractivity contribution in [2.75, 3.05) is 7.05 Å². The summed E-state index contributed by atoms with van der Waals surface area (Å²) in [6.45, 7) is 0.917. The van der Waals surface area contributed by atoms with E-state index in [2.05, 4.69) is 45.3 Å². The van der Waals surface area contributed by atoms with E-state index < -0.39 is 0 Å². The molecule has 1 aromatic rings. The zero-order valence-electron chi connectivity index (χ0n) is 11.9. The molecule has 0 saturated carbocycles. The Labute approximate surface area is 135 Å². The summed E-state index contributed by atoms with van der Waals surface area (Å²) in [4.78, 5) is 2.61. The average molecular weight is 358 g/mol. The summed E-state index contributed by atoms with van der Waals surface area (Å²) in [6, 6.07) is 8.45. The third-order valence-corrected chi connectivity index (χ3v) is 6.15. The Morgan fingerprint density at radius 1 is 1.30 bits per heavy atom. The fraction of sp³-hybridized carbons (Fsp3) is 0.625. The molecule has 2 unspecified atom stereocenters. The van der Waals surface area contributed by atoms with Gasteiger partial charge >= 0.3 is 0 Å². The molecular weight excluding hydrogens is 336 g/mol. The van der Waals surface area contributed by atoms with E-state index in [1.807, 2.05) is 6.07 Å². The van der Waals surface area contributed by atoms with Crippen LogP contribution < -0.4 is 5.32 Å². The fourth-order valence-electron chi connectivity index (χ4n) is 3.69. The minimum absolute atomic E-state index is 0.656. The number of fused-ring (bicyclic) bond motifs is 2. The number of hydrogen-bond acceptors (Lipinski definition) is 2. The summed E-state index contributed by atoms with van der Waals surface area (Å²) < 4.78 is 0.969. The third kappa shape index (κ3) is 3.22. The van der Waals surface area contributed by atoms with Gasteiger partial charge in [-0.3, -0.25) is 0 Å². The van der Waals surface area contributed by atoms with Gasteiger partial charge < -0.3 is 10.2 Å².